The largest absolute Gasteiger partial charge is 0.135 e. The Kier molecular flexibility index (Phi) is 5.68. The van der Waals surface area contributed by atoms with E-state index in [0.717, 1.165) is 0 Å². The fourth-order valence-corrected chi connectivity index (χ4v) is 11.3. The van der Waals surface area contributed by atoms with Crippen LogP contribution < -0.4 is 0 Å². The highest BCUT2D eigenvalue weighted by Gasteiger charge is 2.53. The van der Waals surface area contributed by atoms with Gasteiger partial charge >= 0.3 is 0 Å². The van der Waals surface area contributed by atoms with E-state index in [1.807, 2.05) is 11.3 Å². The van der Waals surface area contributed by atoms with Gasteiger partial charge in [0.05, 0.1) is 5.41 Å². The minimum atomic E-state index is -0.401. The predicted octanol–water partition coefficient (Wildman–Crippen LogP) is 14.0. The molecule has 2 aliphatic carbocycles. The van der Waals surface area contributed by atoms with Gasteiger partial charge in [0.25, 0.3) is 0 Å². The zero-order valence-corrected chi connectivity index (χ0v) is 29.0. The van der Waals surface area contributed by atoms with E-state index < -0.39 is 5.41 Å². The zero-order chi connectivity index (χ0) is 34.0. The second-order valence-corrected chi connectivity index (χ2v) is 15.3. The van der Waals surface area contributed by atoms with Gasteiger partial charge in [0.1, 0.15) is 0 Å². The molecule has 9 aromatic carbocycles. The van der Waals surface area contributed by atoms with Gasteiger partial charge in [0, 0.05) is 9.58 Å². The Morgan fingerprint density at radius 1 is 0.308 bits per heavy atom. The molecule has 0 bridgehead atoms. The summed E-state index contributed by atoms with van der Waals surface area (Å²) in [7, 11) is 0. The fraction of sp³-hybridized carbons (Fsp3) is 0.0196. The first kappa shape index (κ1) is 28.4. The summed E-state index contributed by atoms with van der Waals surface area (Å²) in [6.45, 7) is 0. The molecule has 0 amide bonds. The van der Waals surface area contributed by atoms with Gasteiger partial charge in [0.2, 0.25) is 0 Å². The lowest BCUT2D eigenvalue weighted by Gasteiger charge is -2.30. The van der Waals surface area contributed by atoms with Crippen molar-refractivity contribution < 1.29 is 0 Å². The van der Waals surface area contributed by atoms with Crippen molar-refractivity contribution in [2.45, 2.75) is 5.41 Å². The Morgan fingerprint density at radius 3 is 1.50 bits per heavy atom. The maximum absolute atomic E-state index is 2.42. The molecule has 1 heterocycles. The van der Waals surface area contributed by atoms with Crippen LogP contribution in [0.1, 0.15) is 22.3 Å². The Morgan fingerprint density at radius 2 is 0.769 bits per heavy atom. The van der Waals surface area contributed by atoms with Crippen molar-refractivity contribution in [2.75, 3.05) is 0 Å². The van der Waals surface area contributed by atoms with Crippen molar-refractivity contribution in [1.29, 1.82) is 0 Å². The number of fused-ring (bicyclic) bond motifs is 15. The maximum Gasteiger partial charge on any atom is 0.0740 e. The third-order valence-electron chi connectivity index (χ3n) is 11.9. The van der Waals surface area contributed by atoms with Crippen LogP contribution in [0.25, 0.3) is 86.2 Å². The normalized spacial score (nSPS) is 15.4. The van der Waals surface area contributed by atoms with E-state index >= 15 is 0 Å². The average molecular weight is 675 g/mol. The highest BCUT2D eigenvalue weighted by molar-refractivity contribution is 7.22. The van der Waals surface area contributed by atoms with E-state index in [9.17, 15) is 0 Å². The standard InChI is InChI=1S/C51H30S/c1-2-17-32-31(15-1)16-13-25-33(32)46-34-18-3-5-20-36(34)47(37-21-6-4-19-35(37)46)41-26-14-29-44-48(41)38-22-7-10-27-42(38)51(44)43-28-11-8-23-39(43)50-49(51)40-24-9-12-30-45(40)52-50/h1-30H. The van der Waals surface area contributed by atoms with Crippen molar-refractivity contribution in [3.05, 3.63) is 204 Å². The lowest BCUT2D eigenvalue weighted by Crippen LogP contribution is -2.25. The molecular formula is C51H30S. The lowest BCUT2D eigenvalue weighted by molar-refractivity contribution is 0.803. The minimum Gasteiger partial charge on any atom is -0.135 e. The van der Waals surface area contributed by atoms with Crippen molar-refractivity contribution in [2.24, 2.45) is 0 Å². The van der Waals surface area contributed by atoms with Crippen molar-refractivity contribution in [3.63, 3.8) is 0 Å². The van der Waals surface area contributed by atoms with E-state index in [1.165, 1.54) is 108 Å². The van der Waals surface area contributed by atoms with E-state index in [0.29, 0.717) is 0 Å². The summed E-state index contributed by atoms with van der Waals surface area (Å²) in [5.74, 6) is 0. The third-order valence-corrected chi connectivity index (χ3v) is 13.1. The van der Waals surface area contributed by atoms with Crippen LogP contribution in [-0.4, -0.2) is 0 Å². The van der Waals surface area contributed by atoms with Crippen LogP contribution in [0.3, 0.4) is 0 Å². The fourth-order valence-electron chi connectivity index (χ4n) is 10.00. The van der Waals surface area contributed by atoms with E-state index in [-0.39, 0.29) is 0 Å². The Labute approximate surface area is 305 Å². The first-order valence-corrected chi connectivity index (χ1v) is 18.9. The zero-order valence-electron chi connectivity index (χ0n) is 28.2. The van der Waals surface area contributed by atoms with Crippen LogP contribution in [0.4, 0.5) is 0 Å². The smallest absolute Gasteiger partial charge is 0.0740 e. The van der Waals surface area contributed by atoms with Crippen LogP contribution in [-0.2, 0) is 5.41 Å². The van der Waals surface area contributed by atoms with E-state index in [4.69, 9.17) is 0 Å². The Bertz CT molecular complexity index is 3080. The van der Waals surface area contributed by atoms with Crippen LogP contribution in [0.15, 0.2) is 182 Å². The highest BCUT2D eigenvalue weighted by atomic mass is 32.1. The molecular weight excluding hydrogens is 645 g/mol. The van der Waals surface area contributed by atoms with Gasteiger partial charge in [-0.15, -0.1) is 11.3 Å². The molecule has 0 fully saturated rings. The molecule has 12 rings (SSSR count). The van der Waals surface area contributed by atoms with Gasteiger partial charge in [-0.05, 0) is 105 Å². The molecule has 1 atom stereocenters. The van der Waals surface area contributed by atoms with Gasteiger partial charge in [-0.3, -0.25) is 0 Å². The first-order chi connectivity index (χ1) is 25.8. The van der Waals surface area contributed by atoms with Crippen LogP contribution in [0.2, 0.25) is 0 Å². The third kappa shape index (κ3) is 3.47. The van der Waals surface area contributed by atoms with Gasteiger partial charge in [0.15, 0.2) is 0 Å². The molecule has 1 spiro atoms. The van der Waals surface area contributed by atoms with Gasteiger partial charge in [-0.25, -0.2) is 0 Å². The molecule has 10 aromatic rings. The van der Waals surface area contributed by atoms with Crippen molar-refractivity contribution in [3.8, 4) is 43.8 Å². The van der Waals surface area contributed by atoms with Gasteiger partial charge in [-0.1, -0.05) is 176 Å². The SMILES string of the molecule is c1ccc2c(c1)-c1sc3ccccc3c1C21c2ccccc2-c2c(-c3c4ccccc4c(-c4cccc5ccccc45)c4ccccc34)cccc21. The number of rotatable bonds is 2. The summed E-state index contributed by atoms with van der Waals surface area (Å²) >= 11 is 1.94. The number of hydrogen-bond donors (Lipinski definition) is 0. The topological polar surface area (TPSA) is 0 Å². The van der Waals surface area contributed by atoms with Gasteiger partial charge < -0.3 is 0 Å². The maximum atomic E-state index is 2.42. The van der Waals surface area contributed by atoms with Crippen LogP contribution in [0.5, 0.6) is 0 Å². The number of benzene rings is 9. The average Bonchev–Trinajstić information content (AvgIpc) is 3.84. The monoisotopic (exact) mass is 674 g/mol. The number of thiophene rings is 1. The lowest BCUT2D eigenvalue weighted by atomic mass is 9.70. The Balaban J connectivity index is 1.24. The molecule has 1 unspecified atom stereocenters. The molecule has 0 N–H and O–H groups in total. The van der Waals surface area contributed by atoms with Crippen molar-refractivity contribution in [1.82, 2.24) is 0 Å². The minimum absolute atomic E-state index is 0.401. The first-order valence-electron chi connectivity index (χ1n) is 18.1. The van der Waals surface area contributed by atoms with Crippen molar-refractivity contribution >= 4 is 53.7 Å². The molecule has 0 saturated heterocycles. The summed E-state index contributed by atoms with van der Waals surface area (Å²) in [6.07, 6.45) is 0. The molecule has 0 saturated carbocycles. The summed E-state index contributed by atoms with van der Waals surface area (Å²) in [5.41, 5.74) is 14.4. The van der Waals surface area contributed by atoms with Gasteiger partial charge in [-0.2, -0.15) is 0 Å². The molecule has 1 aromatic heterocycles. The molecule has 52 heavy (non-hydrogen) atoms. The summed E-state index contributed by atoms with van der Waals surface area (Å²) in [5, 5.41) is 9.03. The van der Waals surface area contributed by atoms with E-state index in [2.05, 4.69) is 182 Å². The Hall–Kier alpha value is -6.28. The number of hydrogen-bond acceptors (Lipinski definition) is 1. The molecule has 2 aliphatic rings. The molecule has 0 aliphatic heterocycles. The summed E-state index contributed by atoms with van der Waals surface area (Å²) in [4.78, 5) is 1.40. The second kappa shape index (κ2) is 10.4. The predicted molar refractivity (Wildman–Crippen MR) is 222 cm³/mol. The molecule has 0 nitrogen and oxygen atoms in total. The molecule has 240 valence electrons. The van der Waals surface area contributed by atoms with Crippen LogP contribution >= 0.6 is 11.3 Å². The quantitative estimate of drug-likeness (QED) is 0.160. The highest BCUT2D eigenvalue weighted by Crippen LogP contribution is 2.67. The van der Waals surface area contributed by atoms with E-state index in [1.54, 1.807) is 0 Å². The summed E-state index contributed by atoms with van der Waals surface area (Å²) < 4.78 is 1.35. The molecule has 0 radical (unpaired) electrons. The molecule has 1 heteroatoms. The summed E-state index contributed by atoms with van der Waals surface area (Å²) in [6, 6.07) is 68.3. The second-order valence-electron chi connectivity index (χ2n) is 14.2. The van der Waals surface area contributed by atoms with Crippen LogP contribution in [0, 0.1) is 0 Å².